The average molecular weight is 595 g/mol. The number of aliphatic carboxylic acids is 1. The number of carbonyl (C=O) groups excluding carboxylic acids is 1. The van der Waals surface area contributed by atoms with Crippen LogP contribution in [0, 0.1) is 5.82 Å². The van der Waals surface area contributed by atoms with Crippen molar-refractivity contribution < 1.29 is 60.3 Å². The van der Waals surface area contributed by atoms with Crippen molar-refractivity contribution in [2.75, 3.05) is 4.90 Å². The molecule has 2 atom stereocenters. The number of nitrogens with zero attached hydrogens (tertiary/aromatic N) is 2. The number of aromatic nitrogens is 1. The fourth-order valence-electron chi connectivity index (χ4n) is 5.96. The zero-order chi connectivity index (χ0) is 30.0. The van der Waals surface area contributed by atoms with Crippen LogP contribution in [0.5, 0.6) is 0 Å². The molecule has 0 saturated heterocycles. The van der Waals surface area contributed by atoms with Gasteiger partial charge in [0.15, 0.2) is 0 Å². The summed E-state index contributed by atoms with van der Waals surface area (Å²) in [5.74, 6) is -1.66. The van der Waals surface area contributed by atoms with E-state index in [-0.39, 0.29) is 61.6 Å². The van der Waals surface area contributed by atoms with E-state index in [0.717, 1.165) is 39.2 Å². The van der Waals surface area contributed by atoms with E-state index in [1.807, 2.05) is 73.0 Å². The van der Waals surface area contributed by atoms with Gasteiger partial charge >= 0.3 is 35.5 Å². The van der Waals surface area contributed by atoms with E-state index < -0.39 is 24.6 Å². The van der Waals surface area contributed by atoms with Crippen LogP contribution in [0.25, 0.3) is 22.3 Å². The first-order valence-electron chi connectivity index (χ1n) is 14.2. The van der Waals surface area contributed by atoms with Crippen LogP contribution in [0.15, 0.2) is 78.9 Å². The molecule has 1 aromatic heterocycles. The number of hydrogen-bond acceptors (Lipinski definition) is 4. The fourth-order valence-corrected chi connectivity index (χ4v) is 5.96. The monoisotopic (exact) mass is 594 g/mol. The first-order valence-corrected chi connectivity index (χ1v) is 14.2. The van der Waals surface area contributed by atoms with Crippen molar-refractivity contribution in [3.05, 3.63) is 102 Å². The number of benzene rings is 3. The third-order valence-corrected chi connectivity index (χ3v) is 7.76. The molecule has 0 bridgehead atoms. The summed E-state index contributed by atoms with van der Waals surface area (Å²) in [5, 5.41) is 29.9. The van der Waals surface area contributed by atoms with Crippen LogP contribution in [0.4, 0.5) is 10.1 Å². The van der Waals surface area contributed by atoms with Crippen LogP contribution < -0.4 is 34.5 Å². The summed E-state index contributed by atoms with van der Waals surface area (Å²) in [6.07, 6.45) is -2.08. The fraction of sp³-hybridized carbons (Fsp3) is 0.294. The molecule has 3 N–H and O–H groups in total. The number of rotatable bonds is 10. The van der Waals surface area contributed by atoms with Crippen LogP contribution in [0.2, 0.25) is 0 Å². The number of fused-ring (bicyclic) bond motifs is 3. The van der Waals surface area contributed by atoms with Gasteiger partial charge in [0, 0.05) is 28.6 Å². The van der Waals surface area contributed by atoms with Crippen molar-refractivity contribution in [3.8, 4) is 22.3 Å². The molecular weight excluding hydrogens is 558 g/mol. The zero-order valence-corrected chi connectivity index (χ0v) is 26.7. The van der Waals surface area contributed by atoms with Crippen molar-refractivity contribution in [2.24, 2.45) is 0 Å². The summed E-state index contributed by atoms with van der Waals surface area (Å²) in [4.78, 5) is 27.4. The first kappa shape index (κ1) is 32.6. The Balaban J connectivity index is 0.00000264. The summed E-state index contributed by atoms with van der Waals surface area (Å²) >= 11 is 0. The molecular formula is C34H36FN2NaO5. The predicted octanol–water partition coefficient (Wildman–Crippen LogP) is 3.34. The molecule has 0 saturated carbocycles. The maximum Gasteiger partial charge on any atom is 1.00 e. The van der Waals surface area contributed by atoms with Gasteiger partial charge in [-0.2, -0.15) is 0 Å². The number of carboxylic acid groups (broad SMARTS) is 1. The van der Waals surface area contributed by atoms with E-state index in [9.17, 15) is 24.2 Å². The van der Waals surface area contributed by atoms with Gasteiger partial charge in [0.2, 0.25) is 0 Å². The van der Waals surface area contributed by atoms with E-state index >= 15 is 0 Å². The van der Waals surface area contributed by atoms with Crippen LogP contribution in [-0.4, -0.2) is 44.0 Å². The number of carbonyl (C=O) groups is 2. The van der Waals surface area contributed by atoms with E-state index in [2.05, 4.69) is 0 Å². The third kappa shape index (κ3) is 6.95. The normalized spacial score (nSPS) is 14.0. The number of halogens is 1. The Bertz CT molecular complexity index is 1590. The smallest absolute Gasteiger partial charge is 1.00 e. The number of aliphatic hydroxyl groups is 2. The molecule has 1 amide bonds. The zero-order valence-electron chi connectivity index (χ0n) is 25.7. The molecule has 0 aliphatic carbocycles. The van der Waals surface area contributed by atoms with Crippen molar-refractivity contribution in [2.45, 2.75) is 64.3 Å². The van der Waals surface area contributed by atoms with Gasteiger partial charge in [-0.05, 0) is 74.1 Å². The van der Waals surface area contributed by atoms with Crippen molar-refractivity contribution >= 4 is 17.6 Å². The summed E-state index contributed by atoms with van der Waals surface area (Å²) in [6, 6.07) is 23.5. The molecule has 1 aliphatic heterocycles. The van der Waals surface area contributed by atoms with Gasteiger partial charge in [-0.3, -0.25) is 9.59 Å². The number of anilines is 1. The first-order chi connectivity index (χ1) is 20.2. The van der Waals surface area contributed by atoms with E-state index in [1.165, 1.54) is 12.1 Å². The second kappa shape index (κ2) is 14.0. The molecule has 9 heteroatoms. The topological polar surface area (TPSA) is 103 Å². The summed E-state index contributed by atoms with van der Waals surface area (Å²) < 4.78 is 16.1. The number of amides is 1. The van der Waals surface area contributed by atoms with Gasteiger partial charge in [0.05, 0.1) is 25.2 Å². The molecule has 3 aromatic carbocycles. The minimum atomic E-state index is -1.17. The molecule has 0 spiro atoms. The number of aliphatic hydroxyl groups excluding tert-OH is 2. The van der Waals surface area contributed by atoms with Gasteiger partial charge in [-0.1, -0.05) is 54.6 Å². The molecule has 7 nitrogen and oxygen atoms in total. The minimum Gasteiger partial charge on any atom is -1.00 e. The number of carboxylic acids is 1. The van der Waals surface area contributed by atoms with Crippen molar-refractivity contribution in [1.29, 1.82) is 0 Å². The van der Waals surface area contributed by atoms with Crippen molar-refractivity contribution in [3.63, 3.8) is 0 Å². The molecule has 0 radical (unpaired) electrons. The van der Waals surface area contributed by atoms with Crippen LogP contribution in [0.3, 0.4) is 0 Å². The maximum absolute atomic E-state index is 14.6. The number of para-hydroxylation sites is 1. The predicted molar refractivity (Wildman–Crippen MR) is 161 cm³/mol. The van der Waals surface area contributed by atoms with Gasteiger partial charge in [-0.25, -0.2) is 4.39 Å². The van der Waals surface area contributed by atoms with Gasteiger partial charge in [0.25, 0.3) is 5.91 Å². The Morgan fingerprint density at radius 1 is 0.930 bits per heavy atom. The van der Waals surface area contributed by atoms with Crippen LogP contribution in [0.1, 0.15) is 62.3 Å². The van der Waals surface area contributed by atoms with Gasteiger partial charge < -0.3 is 26.2 Å². The molecule has 220 valence electrons. The second-order valence-electron chi connectivity index (χ2n) is 11.1. The molecule has 5 rings (SSSR count). The maximum atomic E-state index is 14.6. The quantitative estimate of drug-likeness (QED) is 0.245. The molecule has 4 aromatic rings. The van der Waals surface area contributed by atoms with Crippen molar-refractivity contribution in [1.82, 2.24) is 4.57 Å². The molecule has 43 heavy (non-hydrogen) atoms. The average Bonchev–Trinajstić information content (AvgIpc) is 3.24. The van der Waals surface area contributed by atoms with Gasteiger partial charge in [0.1, 0.15) is 11.5 Å². The standard InChI is InChI=1S/C34H35FN2O5.Na.H/c1-21(2)37-29(17-16-26(38)18-27(39)19-30(40)41)31(22-12-14-24(35)15-13-22)32-28-11-7-6-8-23(28)20-36(34(42)33(32)37)25-9-4-3-5-10-25;;/h3-15,21,26-27,38-39H,16-20H2,1-2H3,(H,40,41);;/q;+1;-1. The summed E-state index contributed by atoms with van der Waals surface area (Å²) in [6.45, 7) is 4.38. The Kier molecular flexibility index (Phi) is 10.6. The van der Waals surface area contributed by atoms with E-state index in [4.69, 9.17) is 5.11 Å². The Morgan fingerprint density at radius 2 is 1.58 bits per heavy atom. The second-order valence-corrected chi connectivity index (χ2v) is 11.1. The minimum absolute atomic E-state index is 0. The van der Waals surface area contributed by atoms with Crippen LogP contribution >= 0.6 is 0 Å². The summed E-state index contributed by atoms with van der Waals surface area (Å²) in [7, 11) is 0. The molecule has 0 fully saturated rings. The molecule has 1 aliphatic rings. The van der Waals surface area contributed by atoms with E-state index in [1.54, 1.807) is 17.0 Å². The number of hydrogen-bond donors (Lipinski definition) is 3. The van der Waals surface area contributed by atoms with E-state index in [0.29, 0.717) is 18.7 Å². The van der Waals surface area contributed by atoms with Gasteiger partial charge in [-0.15, -0.1) is 0 Å². The third-order valence-electron chi connectivity index (χ3n) is 7.76. The summed E-state index contributed by atoms with van der Waals surface area (Å²) in [5.41, 5.74) is 6.31. The Morgan fingerprint density at radius 3 is 2.23 bits per heavy atom. The Hall–Kier alpha value is -3.27. The largest absolute Gasteiger partial charge is 1.00 e. The van der Waals surface area contributed by atoms with Crippen LogP contribution in [-0.2, 0) is 17.8 Å². The Labute approximate surface area is 274 Å². The molecule has 2 unspecified atom stereocenters. The SMILES string of the molecule is CC(C)n1c(CCC(O)CC(O)CC(=O)O)c(-c2ccc(F)cc2)c2c1C(=O)N(c1ccccc1)Cc1ccccc1-2.[H-].[Na+]. The molecule has 2 heterocycles.